The molecular weight excluding hydrogens is 272 g/mol. The van der Waals surface area contributed by atoms with E-state index in [1.807, 2.05) is 0 Å². The molecule has 0 saturated carbocycles. The molecule has 4 heterocycles. The topological polar surface area (TPSA) is 32.3 Å². The van der Waals surface area contributed by atoms with Crippen molar-refractivity contribution < 1.29 is 0 Å². The van der Waals surface area contributed by atoms with Gasteiger partial charge in [-0.15, -0.1) is 10.2 Å². The molecular formula is C18H22N4. The number of anilines is 1. The second kappa shape index (κ2) is 5.69. The standard InChI is InChI=1S/C18H22N4/c1-14-2-4-15(5-3-14)17-6-7-18(20-19-17)22-13-12-21-10-8-16(22)9-11-21/h2-7,16H,8-13H2,1H3. The van der Waals surface area contributed by atoms with Crippen LogP contribution >= 0.6 is 0 Å². The third-order valence-corrected chi connectivity index (χ3v) is 4.95. The molecule has 0 atom stereocenters. The van der Waals surface area contributed by atoms with E-state index < -0.39 is 0 Å². The van der Waals surface area contributed by atoms with Gasteiger partial charge in [0.05, 0.1) is 5.69 Å². The molecule has 1 aromatic carbocycles. The van der Waals surface area contributed by atoms with E-state index in [1.54, 1.807) is 0 Å². The van der Waals surface area contributed by atoms with Crippen LogP contribution in [0.5, 0.6) is 0 Å². The van der Waals surface area contributed by atoms with Gasteiger partial charge in [-0.1, -0.05) is 29.8 Å². The Labute approximate surface area is 131 Å². The first-order valence-corrected chi connectivity index (χ1v) is 8.19. The van der Waals surface area contributed by atoms with Crippen molar-refractivity contribution in [3.63, 3.8) is 0 Å². The Morgan fingerprint density at radius 1 is 0.864 bits per heavy atom. The fourth-order valence-corrected chi connectivity index (χ4v) is 3.54. The van der Waals surface area contributed by atoms with Crippen LogP contribution in [-0.4, -0.2) is 47.3 Å². The maximum Gasteiger partial charge on any atom is 0.151 e. The summed E-state index contributed by atoms with van der Waals surface area (Å²) in [4.78, 5) is 5.02. The predicted octanol–water partition coefficient (Wildman–Crippen LogP) is 2.74. The van der Waals surface area contributed by atoms with Crippen molar-refractivity contribution in [2.75, 3.05) is 31.1 Å². The first kappa shape index (κ1) is 13.7. The number of aryl methyl sites for hydroxylation is 1. The van der Waals surface area contributed by atoms with E-state index in [1.165, 1.54) is 31.5 Å². The molecule has 5 rings (SSSR count). The number of benzene rings is 1. The molecule has 0 amide bonds. The van der Waals surface area contributed by atoms with Gasteiger partial charge in [-0.2, -0.15) is 0 Å². The van der Waals surface area contributed by atoms with Crippen LogP contribution in [0, 0.1) is 6.92 Å². The zero-order valence-corrected chi connectivity index (χ0v) is 13.1. The molecule has 4 nitrogen and oxygen atoms in total. The molecule has 4 heteroatoms. The quantitative estimate of drug-likeness (QED) is 0.852. The Morgan fingerprint density at radius 3 is 2.32 bits per heavy atom. The molecule has 1 aromatic heterocycles. The number of aromatic nitrogens is 2. The summed E-state index contributed by atoms with van der Waals surface area (Å²) in [6.07, 6.45) is 2.50. The molecule has 2 bridgehead atoms. The largest absolute Gasteiger partial charge is 0.351 e. The van der Waals surface area contributed by atoms with E-state index in [-0.39, 0.29) is 0 Å². The lowest BCUT2D eigenvalue weighted by atomic mass is 10.1. The Bertz CT molecular complexity index is 627. The molecule has 22 heavy (non-hydrogen) atoms. The van der Waals surface area contributed by atoms with E-state index in [0.717, 1.165) is 30.2 Å². The van der Waals surface area contributed by atoms with E-state index in [0.29, 0.717) is 6.04 Å². The minimum Gasteiger partial charge on any atom is -0.351 e. The van der Waals surface area contributed by atoms with Gasteiger partial charge in [-0.3, -0.25) is 0 Å². The molecule has 114 valence electrons. The minimum atomic E-state index is 0.637. The Kier molecular flexibility index (Phi) is 3.54. The average molecular weight is 294 g/mol. The third kappa shape index (κ3) is 2.59. The van der Waals surface area contributed by atoms with E-state index >= 15 is 0 Å². The maximum absolute atomic E-state index is 4.52. The highest BCUT2D eigenvalue weighted by atomic mass is 15.3. The minimum absolute atomic E-state index is 0.637. The molecule has 3 fully saturated rings. The number of nitrogens with zero attached hydrogens (tertiary/aromatic N) is 4. The van der Waals surface area contributed by atoms with Crippen molar-refractivity contribution in [2.24, 2.45) is 0 Å². The Morgan fingerprint density at radius 2 is 1.64 bits per heavy atom. The van der Waals surface area contributed by atoms with Gasteiger partial charge in [-0.05, 0) is 31.9 Å². The summed E-state index contributed by atoms with van der Waals surface area (Å²) < 4.78 is 0. The SMILES string of the molecule is Cc1ccc(-c2ccc(N3CCN4CCC3CC4)nn2)cc1. The van der Waals surface area contributed by atoms with Crippen LogP contribution in [0.4, 0.5) is 5.82 Å². The molecule has 0 unspecified atom stereocenters. The lowest BCUT2D eigenvalue weighted by molar-refractivity contribution is 0.250. The molecule has 3 aliphatic rings. The molecule has 0 N–H and O–H groups in total. The average Bonchev–Trinajstić information content (AvgIpc) is 2.90. The van der Waals surface area contributed by atoms with E-state index in [4.69, 9.17) is 0 Å². The smallest absolute Gasteiger partial charge is 0.151 e. The summed E-state index contributed by atoms with van der Waals surface area (Å²) in [5, 5.41) is 8.98. The summed E-state index contributed by atoms with van der Waals surface area (Å²) in [6, 6.07) is 13.3. The predicted molar refractivity (Wildman–Crippen MR) is 89.0 cm³/mol. The maximum atomic E-state index is 4.52. The summed E-state index contributed by atoms with van der Waals surface area (Å²) in [6.45, 7) is 6.79. The van der Waals surface area contributed by atoms with Crippen LogP contribution in [-0.2, 0) is 0 Å². The van der Waals surface area contributed by atoms with Gasteiger partial charge in [-0.25, -0.2) is 0 Å². The summed E-state index contributed by atoms with van der Waals surface area (Å²) in [5.74, 6) is 1.03. The normalized spacial score (nSPS) is 24.3. The van der Waals surface area contributed by atoms with Gasteiger partial charge in [0.2, 0.25) is 0 Å². The van der Waals surface area contributed by atoms with Crippen molar-refractivity contribution in [2.45, 2.75) is 25.8 Å². The molecule has 3 saturated heterocycles. The summed E-state index contributed by atoms with van der Waals surface area (Å²) in [7, 11) is 0. The monoisotopic (exact) mass is 294 g/mol. The molecule has 3 aliphatic heterocycles. The highest BCUT2D eigenvalue weighted by molar-refractivity contribution is 5.60. The summed E-state index contributed by atoms with van der Waals surface area (Å²) in [5.41, 5.74) is 3.35. The highest BCUT2D eigenvalue weighted by Gasteiger charge is 2.29. The lowest BCUT2D eigenvalue weighted by Gasteiger charge is -2.31. The van der Waals surface area contributed by atoms with Crippen molar-refractivity contribution in [3.8, 4) is 11.3 Å². The lowest BCUT2D eigenvalue weighted by Crippen LogP contribution is -2.38. The number of rotatable bonds is 2. The first-order chi connectivity index (χ1) is 10.8. The van der Waals surface area contributed by atoms with E-state index in [2.05, 4.69) is 63.3 Å². The van der Waals surface area contributed by atoms with Crippen molar-refractivity contribution in [1.29, 1.82) is 0 Å². The van der Waals surface area contributed by atoms with Gasteiger partial charge in [0.25, 0.3) is 0 Å². The first-order valence-electron chi connectivity index (χ1n) is 8.19. The van der Waals surface area contributed by atoms with Crippen molar-refractivity contribution >= 4 is 5.82 Å². The third-order valence-electron chi connectivity index (χ3n) is 4.95. The second-order valence-corrected chi connectivity index (χ2v) is 6.41. The fourth-order valence-electron chi connectivity index (χ4n) is 3.54. The van der Waals surface area contributed by atoms with Crippen molar-refractivity contribution in [3.05, 3.63) is 42.0 Å². The molecule has 2 aromatic rings. The number of hydrogen-bond acceptors (Lipinski definition) is 4. The zero-order chi connectivity index (χ0) is 14.9. The molecule has 0 spiro atoms. The van der Waals surface area contributed by atoms with Crippen LogP contribution in [0.3, 0.4) is 0 Å². The van der Waals surface area contributed by atoms with E-state index in [9.17, 15) is 0 Å². The highest BCUT2D eigenvalue weighted by Crippen LogP contribution is 2.26. The summed E-state index contributed by atoms with van der Waals surface area (Å²) >= 11 is 0. The van der Waals surface area contributed by atoms with Crippen LogP contribution in [0.25, 0.3) is 11.3 Å². The van der Waals surface area contributed by atoms with Crippen LogP contribution in [0.2, 0.25) is 0 Å². The van der Waals surface area contributed by atoms with Gasteiger partial charge in [0, 0.05) is 37.8 Å². The van der Waals surface area contributed by atoms with Crippen LogP contribution < -0.4 is 4.90 Å². The molecule has 0 radical (unpaired) electrons. The Balaban J connectivity index is 1.57. The number of hydrogen-bond donors (Lipinski definition) is 0. The van der Waals surface area contributed by atoms with Gasteiger partial charge < -0.3 is 9.80 Å². The fraction of sp³-hybridized carbons (Fsp3) is 0.444. The number of fused-ring (bicyclic) bond motifs is 4. The second-order valence-electron chi connectivity index (χ2n) is 6.41. The van der Waals surface area contributed by atoms with Gasteiger partial charge in [0.1, 0.15) is 0 Å². The van der Waals surface area contributed by atoms with Crippen LogP contribution in [0.15, 0.2) is 36.4 Å². The number of piperidine rings is 1. The van der Waals surface area contributed by atoms with Gasteiger partial charge in [0.15, 0.2) is 5.82 Å². The zero-order valence-electron chi connectivity index (χ0n) is 13.1. The van der Waals surface area contributed by atoms with Crippen molar-refractivity contribution in [1.82, 2.24) is 15.1 Å². The van der Waals surface area contributed by atoms with Gasteiger partial charge >= 0.3 is 0 Å². The Hall–Kier alpha value is -1.94. The molecule has 0 aliphatic carbocycles. The van der Waals surface area contributed by atoms with Crippen LogP contribution in [0.1, 0.15) is 18.4 Å².